The van der Waals surface area contributed by atoms with Gasteiger partial charge in [-0.2, -0.15) is 5.10 Å². The zero-order valence-electron chi connectivity index (χ0n) is 14.7. The van der Waals surface area contributed by atoms with Crippen molar-refractivity contribution in [3.8, 4) is 11.3 Å². The summed E-state index contributed by atoms with van der Waals surface area (Å²) in [6.07, 6.45) is 6.13. The summed E-state index contributed by atoms with van der Waals surface area (Å²) in [7, 11) is 0. The second-order valence-electron chi connectivity index (χ2n) is 5.91. The number of aromatic nitrogens is 4. The first-order valence-electron chi connectivity index (χ1n) is 8.61. The maximum Gasteiger partial charge on any atom is 0.320 e. The van der Waals surface area contributed by atoms with Gasteiger partial charge in [-0.1, -0.05) is 23.7 Å². The Labute approximate surface area is 161 Å². The average molecular weight is 389 g/mol. The fourth-order valence-electron chi connectivity index (χ4n) is 2.61. The van der Waals surface area contributed by atoms with Crippen molar-refractivity contribution in [1.82, 2.24) is 24.6 Å². The first-order chi connectivity index (χ1) is 13.2. The van der Waals surface area contributed by atoms with Crippen molar-refractivity contribution in [2.75, 3.05) is 18.5 Å². The molecule has 2 aromatic heterocycles. The summed E-state index contributed by atoms with van der Waals surface area (Å²) in [5, 5.41) is 19.9. The number of nitrogens with zero attached hydrogens (tertiary/aromatic N) is 4. The molecule has 3 aromatic rings. The predicted octanol–water partition coefficient (Wildman–Crippen LogP) is 2.60. The quantitative estimate of drug-likeness (QED) is 0.517. The molecule has 1 aromatic carbocycles. The number of amides is 2. The maximum atomic E-state index is 12.2. The summed E-state index contributed by atoms with van der Waals surface area (Å²) in [5.41, 5.74) is 1.50. The van der Waals surface area contributed by atoms with Gasteiger partial charge >= 0.3 is 6.03 Å². The number of aryl methyl sites for hydroxylation is 1. The van der Waals surface area contributed by atoms with Crippen LogP contribution in [-0.4, -0.2) is 43.6 Å². The van der Waals surface area contributed by atoms with Crippen molar-refractivity contribution in [2.24, 2.45) is 0 Å². The van der Waals surface area contributed by atoms with E-state index in [4.69, 9.17) is 11.6 Å². The minimum absolute atomic E-state index is 0.0854. The Morgan fingerprint density at radius 3 is 2.89 bits per heavy atom. The molecule has 0 atom stereocenters. The molecule has 8 nitrogen and oxygen atoms in total. The van der Waals surface area contributed by atoms with Gasteiger partial charge in [0.15, 0.2) is 0 Å². The minimum Gasteiger partial charge on any atom is -0.394 e. The van der Waals surface area contributed by atoms with Crippen LogP contribution in [0.15, 0.2) is 49.1 Å². The van der Waals surface area contributed by atoms with Crippen LogP contribution in [0.4, 0.5) is 10.6 Å². The van der Waals surface area contributed by atoms with Crippen molar-refractivity contribution in [3.63, 3.8) is 0 Å². The summed E-state index contributed by atoms with van der Waals surface area (Å²) in [6, 6.07) is 8.74. The van der Waals surface area contributed by atoms with E-state index in [1.807, 2.05) is 22.9 Å². The Hall–Kier alpha value is -2.84. The Kier molecular flexibility index (Phi) is 6.45. The number of aliphatic hydroxyl groups excluding tert-OH is 1. The number of aliphatic hydroxyl groups is 1. The molecule has 0 saturated carbocycles. The first-order valence-corrected chi connectivity index (χ1v) is 8.99. The number of imidazole rings is 1. The van der Waals surface area contributed by atoms with Gasteiger partial charge in [-0.3, -0.25) is 5.32 Å². The Balaban J connectivity index is 1.60. The summed E-state index contributed by atoms with van der Waals surface area (Å²) in [4.78, 5) is 16.1. The number of hydrogen-bond donors (Lipinski definition) is 3. The molecular weight excluding hydrogens is 368 g/mol. The van der Waals surface area contributed by atoms with Crippen LogP contribution in [-0.2, 0) is 13.1 Å². The molecule has 142 valence electrons. The van der Waals surface area contributed by atoms with Crippen molar-refractivity contribution in [2.45, 2.75) is 19.5 Å². The number of urea groups is 1. The van der Waals surface area contributed by atoms with Crippen LogP contribution >= 0.6 is 11.6 Å². The second-order valence-corrected chi connectivity index (χ2v) is 6.34. The van der Waals surface area contributed by atoms with Crippen molar-refractivity contribution < 1.29 is 9.90 Å². The minimum atomic E-state index is -0.322. The van der Waals surface area contributed by atoms with E-state index in [1.165, 1.54) is 0 Å². The van der Waals surface area contributed by atoms with Crippen molar-refractivity contribution >= 4 is 23.4 Å². The maximum absolute atomic E-state index is 12.2. The largest absolute Gasteiger partial charge is 0.394 e. The van der Waals surface area contributed by atoms with Crippen LogP contribution in [0.3, 0.4) is 0 Å². The van der Waals surface area contributed by atoms with Crippen LogP contribution < -0.4 is 10.6 Å². The molecule has 27 heavy (non-hydrogen) atoms. The van der Waals surface area contributed by atoms with Crippen molar-refractivity contribution in [1.29, 1.82) is 0 Å². The molecule has 0 saturated heterocycles. The van der Waals surface area contributed by atoms with E-state index in [2.05, 4.69) is 20.7 Å². The van der Waals surface area contributed by atoms with Gasteiger partial charge in [0.05, 0.1) is 25.2 Å². The van der Waals surface area contributed by atoms with E-state index >= 15 is 0 Å². The van der Waals surface area contributed by atoms with Crippen LogP contribution in [0.5, 0.6) is 0 Å². The number of halogens is 1. The molecule has 0 spiro atoms. The van der Waals surface area contributed by atoms with Gasteiger partial charge < -0.3 is 15.0 Å². The summed E-state index contributed by atoms with van der Waals surface area (Å²) in [6.45, 7) is 1.50. The molecule has 3 N–H and O–H groups in total. The summed E-state index contributed by atoms with van der Waals surface area (Å²) in [5.74, 6) is 0.506. The Bertz CT molecular complexity index is 878. The standard InChI is InChI=1S/C18H21ClN6O2/c19-15-4-1-3-14(11-15)16-12-17(25(23-16)9-10-26)22-18(27)21-5-2-7-24-8-6-20-13-24/h1,3-4,6,8,11-13,26H,2,5,7,9-10H2,(H2,21,22,27). The molecule has 0 fully saturated rings. The first kappa shape index (κ1) is 18.9. The van der Waals surface area contributed by atoms with E-state index in [-0.39, 0.29) is 19.2 Å². The van der Waals surface area contributed by atoms with E-state index in [0.29, 0.717) is 23.1 Å². The molecule has 0 aliphatic heterocycles. The molecule has 0 radical (unpaired) electrons. The normalized spacial score (nSPS) is 10.7. The van der Waals surface area contributed by atoms with Crippen LogP contribution in [0.25, 0.3) is 11.3 Å². The number of nitrogens with one attached hydrogen (secondary N) is 2. The van der Waals surface area contributed by atoms with Gasteiger partial charge in [-0.15, -0.1) is 0 Å². The van der Waals surface area contributed by atoms with E-state index in [1.54, 1.807) is 35.4 Å². The molecule has 0 aliphatic carbocycles. The summed E-state index contributed by atoms with van der Waals surface area (Å²) < 4.78 is 3.51. The fourth-order valence-corrected chi connectivity index (χ4v) is 2.80. The molecule has 0 aliphatic rings. The van der Waals surface area contributed by atoms with Gasteiger partial charge in [-0.25, -0.2) is 14.5 Å². The lowest BCUT2D eigenvalue weighted by Gasteiger charge is -2.09. The van der Waals surface area contributed by atoms with Gasteiger partial charge in [0, 0.05) is 42.1 Å². The highest BCUT2D eigenvalue weighted by Gasteiger charge is 2.12. The van der Waals surface area contributed by atoms with Crippen molar-refractivity contribution in [3.05, 3.63) is 54.1 Å². The molecule has 0 unspecified atom stereocenters. The smallest absolute Gasteiger partial charge is 0.320 e. The monoisotopic (exact) mass is 388 g/mol. The SMILES string of the molecule is O=C(NCCCn1ccnc1)Nc1cc(-c2cccc(Cl)c2)nn1CCO. The molecule has 9 heteroatoms. The van der Waals surface area contributed by atoms with Gasteiger partial charge in [-0.05, 0) is 18.6 Å². The fraction of sp³-hybridized carbons (Fsp3) is 0.278. The third kappa shape index (κ3) is 5.32. The van der Waals surface area contributed by atoms with Crippen LogP contribution in [0.1, 0.15) is 6.42 Å². The van der Waals surface area contributed by atoms with Gasteiger partial charge in [0.1, 0.15) is 5.82 Å². The Morgan fingerprint density at radius 1 is 1.26 bits per heavy atom. The van der Waals surface area contributed by atoms with E-state index < -0.39 is 0 Å². The highest BCUT2D eigenvalue weighted by molar-refractivity contribution is 6.30. The molecule has 0 bridgehead atoms. The van der Waals surface area contributed by atoms with Gasteiger partial charge in [0.25, 0.3) is 0 Å². The number of anilines is 1. The van der Waals surface area contributed by atoms with E-state index in [9.17, 15) is 9.90 Å². The number of carbonyl (C=O) groups is 1. The lowest BCUT2D eigenvalue weighted by Crippen LogP contribution is -2.31. The lowest BCUT2D eigenvalue weighted by molar-refractivity contribution is 0.250. The molecule has 3 rings (SSSR count). The number of rotatable bonds is 8. The van der Waals surface area contributed by atoms with Gasteiger partial charge in [0.2, 0.25) is 0 Å². The number of carbonyl (C=O) groups excluding carboxylic acids is 1. The number of benzene rings is 1. The highest BCUT2D eigenvalue weighted by Crippen LogP contribution is 2.24. The predicted molar refractivity (Wildman–Crippen MR) is 104 cm³/mol. The average Bonchev–Trinajstić information content (AvgIpc) is 3.30. The zero-order chi connectivity index (χ0) is 19.1. The lowest BCUT2D eigenvalue weighted by atomic mass is 10.1. The topological polar surface area (TPSA) is 97.0 Å². The third-order valence-electron chi connectivity index (χ3n) is 3.89. The summed E-state index contributed by atoms with van der Waals surface area (Å²) >= 11 is 6.03. The number of hydrogen-bond acceptors (Lipinski definition) is 4. The highest BCUT2D eigenvalue weighted by atomic mass is 35.5. The molecular formula is C18H21ClN6O2. The third-order valence-corrected chi connectivity index (χ3v) is 4.13. The van der Waals surface area contributed by atoms with E-state index in [0.717, 1.165) is 18.5 Å². The zero-order valence-corrected chi connectivity index (χ0v) is 15.4. The Morgan fingerprint density at radius 2 is 2.15 bits per heavy atom. The van der Waals surface area contributed by atoms with Crippen LogP contribution in [0, 0.1) is 0 Å². The molecule has 2 heterocycles. The molecule has 2 amide bonds. The second kappa shape index (κ2) is 9.20. The van der Waals surface area contributed by atoms with Crippen LogP contribution in [0.2, 0.25) is 5.02 Å².